The number of amides is 1. The second-order valence-electron chi connectivity index (χ2n) is 8.23. The van der Waals surface area contributed by atoms with Gasteiger partial charge < -0.3 is 48.7 Å². The van der Waals surface area contributed by atoms with Crippen molar-refractivity contribution in [2.75, 3.05) is 20.4 Å². The highest BCUT2D eigenvalue weighted by molar-refractivity contribution is 5.73. The lowest BCUT2D eigenvalue weighted by atomic mass is 9.95. The first-order valence-corrected chi connectivity index (χ1v) is 11.1. The molecule has 2 saturated heterocycles. The Labute approximate surface area is 206 Å². The van der Waals surface area contributed by atoms with Crippen molar-refractivity contribution < 1.29 is 66.9 Å². The van der Waals surface area contributed by atoms with Crippen LogP contribution in [0.25, 0.3) is 0 Å². The zero-order valence-corrected chi connectivity index (χ0v) is 20.5. The van der Waals surface area contributed by atoms with Crippen LogP contribution >= 0.6 is 0 Å². The molecule has 36 heavy (non-hydrogen) atoms. The van der Waals surface area contributed by atoms with E-state index in [1.807, 2.05) is 0 Å². The van der Waals surface area contributed by atoms with Gasteiger partial charge in [0.2, 0.25) is 5.91 Å². The van der Waals surface area contributed by atoms with Crippen LogP contribution in [0.15, 0.2) is 0 Å². The minimum absolute atomic E-state index is 0.471. The van der Waals surface area contributed by atoms with Gasteiger partial charge >= 0.3 is 17.9 Å². The Morgan fingerprint density at radius 1 is 0.833 bits per heavy atom. The summed E-state index contributed by atoms with van der Waals surface area (Å²) < 4.78 is 51.0. The molecule has 3 N–H and O–H groups in total. The van der Waals surface area contributed by atoms with E-state index in [9.17, 15) is 33.8 Å². The summed E-state index contributed by atoms with van der Waals surface area (Å²) in [5.74, 6) is -2.90. The molecule has 2 rings (SSSR count). The minimum atomic E-state index is -1.73. The maximum Gasteiger partial charge on any atom is 0.303 e. The zero-order valence-electron chi connectivity index (χ0n) is 20.5. The number of aliphatic hydroxyl groups is 2. The fourth-order valence-corrected chi connectivity index (χ4v) is 3.93. The van der Waals surface area contributed by atoms with Crippen LogP contribution in [0.4, 0.5) is 4.39 Å². The Morgan fingerprint density at radius 3 is 1.92 bits per heavy atom. The average molecular weight is 525 g/mol. The maximum atomic E-state index is 13.2. The largest absolute Gasteiger partial charge is 0.463 e. The average Bonchev–Trinajstić information content (AvgIpc) is 2.78. The van der Waals surface area contributed by atoms with Gasteiger partial charge in [-0.15, -0.1) is 0 Å². The molecule has 0 radical (unpaired) electrons. The second kappa shape index (κ2) is 13.2. The van der Waals surface area contributed by atoms with E-state index < -0.39 is 98.4 Å². The highest BCUT2D eigenvalue weighted by atomic mass is 19.1. The number of halogens is 1. The molecule has 0 bridgehead atoms. The normalized spacial score (nSPS) is 36.4. The summed E-state index contributed by atoms with van der Waals surface area (Å²) in [4.78, 5) is 47.1. The lowest BCUT2D eigenvalue weighted by molar-refractivity contribution is -0.351. The summed E-state index contributed by atoms with van der Waals surface area (Å²) in [5, 5.41) is 23.3. The van der Waals surface area contributed by atoms with E-state index in [-0.39, 0.29) is 0 Å². The molecule has 0 saturated carbocycles. The van der Waals surface area contributed by atoms with Crippen molar-refractivity contribution in [2.24, 2.45) is 0 Å². The predicted octanol–water partition coefficient (Wildman–Crippen LogP) is -1.91. The van der Waals surface area contributed by atoms with Crippen molar-refractivity contribution in [3.05, 3.63) is 0 Å². The number of rotatable bonds is 9. The van der Waals surface area contributed by atoms with Crippen LogP contribution in [-0.2, 0) is 52.3 Å². The third-order valence-corrected chi connectivity index (χ3v) is 5.39. The molecule has 15 heteroatoms. The molecule has 2 fully saturated rings. The number of hydrogen-bond acceptors (Lipinski definition) is 13. The van der Waals surface area contributed by atoms with Crippen LogP contribution in [-0.4, -0.2) is 116 Å². The number of alkyl halides is 1. The molecule has 1 amide bonds. The Hall–Kier alpha value is -2.43. The quantitative estimate of drug-likeness (QED) is 0.224. The minimum Gasteiger partial charge on any atom is -0.463 e. The van der Waals surface area contributed by atoms with E-state index in [4.69, 9.17) is 33.2 Å². The summed E-state index contributed by atoms with van der Waals surface area (Å²) >= 11 is 0. The zero-order chi connectivity index (χ0) is 27.2. The van der Waals surface area contributed by atoms with Crippen LogP contribution in [0.2, 0.25) is 0 Å². The van der Waals surface area contributed by atoms with Crippen molar-refractivity contribution in [1.82, 2.24) is 5.32 Å². The Balaban J connectivity index is 2.46. The van der Waals surface area contributed by atoms with Crippen LogP contribution in [0.1, 0.15) is 27.7 Å². The number of carbonyl (C=O) groups is 4. The molecule has 0 unspecified atom stereocenters. The Bertz CT molecular complexity index is 796. The van der Waals surface area contributed by atoms with E-state index in [0.29, 0.717) is 0 Å². The molecule has 10 atom stereocenters. The van der Waals surface area contributed by atoms with Gasteiger partial charge in [0.1, 0.15) is 49.8 Å². The molecule has 206 valence electrons. The third-order valence-electron chi connectivity index (χ3n) is 5.39. The molecule has 0 aliphatic carbocycles. The van der Waals surface area contributed by atoms with Gasteiger partial charge in [-0.25, -0.2) is 4.39 Å². The van der Waals surface area contributed by atoms with Crippen LogP contribution in [0, 0.1) is 0 Å². The van der Waals surface area contributed by atoms with Gasteiger partial charge in [0.15, 0.2) is 24.8 Å². The Morgan fingerprint density at radius 2 is 1.42 bits per heavy atom. The third kappa shape index (κ3) is 7.54. The van der Waals surface area contributed by atoms with Crippen molar-refractivity contribution >= 4 is 23.8 Å². The number of hydrogen-bond donors (Lipinski definition) is 3. The van der Waals surface area contributed by atoms with Gasteiger partial charge in [-0.3, -0.25) is 19.2 Å². The van der Waals surface area contributed by atoms with Gasteiger partial charge in [-0.2, -0.15) is 0 Å². The molecular weight excluding hydrogens is 493 g/mol. The lowest BCUT2D eigenvalue weighted by Gasteiger charge is -2.48. The smallest absolute Gasteiger partial charge is 0.303 e. The van der Waals surface area contributed by atoms with Crippen LogP contribution in [0.5, 0.6) is 0 Å². The predicted molar refractivity (Wildman–Crippen MR) is 113 cm³/mol. The number of ether oxygens (including phenoxy) is 7. The first-order valence-electron chi connectivity index (χ1n) is 11.1. The first-order chi connectivity index (χ1) is 16.9. The Kier molecular flexibility index (Phi) is 10.9. The number of esters is 3. The molecule has 0 aromatic carbocycles. The number of carbonyl (C=O) groups excluding carboxylic acids is 4. The number of aliphatic hydroxyl groups excluding tert-OH is 2. The summed E-state index contributed by atoms with van der Waals surface area (Å²) in [5.41, 5.74) is 0. The van der Waals surface area contributed by atoms with Crippen molar-refractivity contribution in [1.29, 1.82) is 0 Å². The summed E-state index contributed by atoms with van der Waals surface area (Å²) in [7, 11) is 1.19. The van der Waals surface area contributed by atoms with E-state index in [2.05, 4.69) is 5.32 Å². The van der Waals surface area contributed by atoms with Gasteiger partial charge in [0, 0.05) is 34.8 Å². The van der Waals surface area contributed by atoms with Gasteiger partial charge in [-0.05, 0) is 0 Å². The van der Waals surface area contributed by atoms with Crippen molar-refractivity contribution in [2.45, 2.75) is 89.0 Å². The van der Waals surface area contributed by atoms with Gasteiger partial charge in [-0.1, -0.05) is 0 Å². The standard InChI is InChI=1S/C21H32FNO13/c1-8(24)23-14-18(33-11(4)27)17(32-10(3)26)13(7-31-9(2)25)35-20(14)36-19-16(29)15(28)12(6-22)34-21(19)30-5/h12-21,28-29H,6-7H2,1-5H3,(H,23,24)/t12-,13-,14-,15-,16+,17-,18-,19+,20+,21+/m1/s1. The summed E-state index contributed by atoms with van der Waals surface area (Å²) in [6.45, 7) is 2.85. The van der Waals surface area contributed by atoms with E-state index in [1.54, 1.807) is 0 Å². The van der Waals surface area contributed by atoms with Crippen LogP contribution in [0.3, 0.4) is 0 Å². The van der Waals surface area contributed by atoms with E-state index >= 15 is 0 Å². The molecule has 2 aliphatic heterocycles. The molecule has 0 aromatic heterocycles. The molecular formula is C21H32FNO13. The maximum absolute atomic E-state index is 13.2. The molecule has 0 spiro atoms. The lowest BCUT2D eigenvalue weighted by Crippen LogP contribution is -2.68. The fourth-order valence-electron chi connectivity index (χ4n) is 3.93. The summed E-state index contributed by atoms with van der Waals surface area (Å²) in [6, 6.07) is -1.33. The van der Waals surface area contributed by atoms with Gasteiger partial charge in [0.25, 0.3) is 0 Å². The molecule has 2 aliphatic rings. The van der Waals surface area contributed by atoms with Crippen molar-refractivity contribution in [3.63, 3.8) is 0 Å². The molecule has 14 nitrogen and oxygen atoms in total. The van der Waals surface area contributed by atoms with Crippen LogP contribution < -0.4 is 5.32 Å². The SMILES string of the molecule is CO[C@H]1O[C@H](CF)[C@@H](O)[C@H](O)[C@@H]1O[C@@H]1O[C@H](COC(C)=O)[C@@H](OC(C)=O)[C@H](OC(C)=O)[C@H]1NC(C)=O. The molecule has 0 aromatic rings. The van der Waals surface area contributed by atoms with E-state index in [1.165, 1.54) is 7.11 Å². The highest BCUT2D eigenvalue weighted by Crippen LogP contribution is 2.32. The first kappa shape index (κ1) is 29.8. The number of methoxy groups -OCH3 is 1. The van der Waals surface area contributed by atoms with E-state index in [0.717, 1.165) is 27.7 Å². The topological polar surface area (TPSA) is 185 Å². The monoisotopic (exact) mass is 525 g/mol. The second-order valence-corrected chi connectivity index (χ2v) is 8.23. The van der Waals surface area contributed by atoms with Gasteiger partial charge in [0.05, 0.1) is 0 Å². The van der Waals surface area contributed by atoms with Crippen molar-refractivity contribution in [3.8, 4) is 0 Å². The summed E-state index contributed by atoms with van der Waals surface area (Å²) in [6.07, 6.45) is -13.3. The number of nitrogens with one attached hydrogen (secondary N) is 1. The fraction of sp³-hybridized carbons (Fsp3) is 0.810. The highest BCUT2D eigenvalue weighted by Gasteiger charge is 2.54. The molecule has 2 heterocycles.